The topological polar surface area (TPSA) is 66.7 Å². The summed E-state index contributed by atoms with van der Waals surface area (Å²) in [4.78, 5) is 27.4. The molecule has 2 saturated heterocycles. The number of rotatable bonds is 3. The van der Waals surface area contributed by atoms with E-state index in [9.17, 15) is 14.9 Å². The first-order valence-electron chi connectivity index (χ1n) is 8.15. The molecule has 0 N–H and O–H groups in total. The Balaban J connectivity index is 1.76. The molecule has 2 aromatic carbocycles. The van der Waals surface area contributed by atoms with E-state index in [2.05, 4.69) is 4.90 Å². The minimum absolute atomic E-state index is 0.0455. The quantitative estimate of drug-likeness (QED) is 0.619. The molecule has 0 aromatic heterocycles. The maximum absolute atomic E-state index is 13.0. The molecule has 0 saturated carbocycles. The zero-order chi connectivity index (χ0) is 17.6. The van der Waals surface area contributed by atoms with Gasteiger partial charge in [0.2, 0.25) is 5.91 Å². The van der Waals surface area contributed by atoms with E-state index in [-0.39, 0.29) is 23.8 Å². The van der Waals surface area contributed by atoms with Crippen LogP contribution in [0.1, 0.15) is 24.6 Å². The Kier molecular flexibility index (Phi) is 3.94. The summed E-state index contributed by atoms with van der Waals surface area (Å²) < 4.78 is 0. The molecule has 0 aliphatic carbocycles. The second kappa shape index (κ2) is 6.13. The number of carbonyl (C=O) groups excluding carboxylic acids is 1. The summed E-state index contributed by atoms with van der Waals surface area (Å²) in [5.41, 5.74) is 1.70. The van der Waals surface area contributed by atoms with Crippen LogP contribution in [0.2, 0.25) is 5.02 Å². The number of benzene rings is 2. The number of non-ortho nitro benzene ring substituents is 1. The molecule has 2 heterocycles. The number of carbonyl (C=O) groups is 1. The molecule has 0 radical (unpaired) electrons. The number of anilines is 1. The monoisotopic (exact) mass is 357 g/mol. The molecule has 128 valence electrons. The van der Waals surface area contributed by atoms with Crippen LogP contribution in [0.5, 0.6) is 0 Å². The molecule has 2 atom stereocenters. The van der Waals surface area contributed by atoms with Gasteiger partial charge in [-0.3, -0.25) is 24.7 Å². The smallest absolute Gasteiger partial charge is 0.269 e. The SMILES string of the molecule is O=C1[C@@H]2CCCN2[C@H](c2ccc([N+](=O)[O-])cc2)N1c1ccc(Cl)cc1. The van der Waals surface area contributed by atoms with Gasteiger partial charge in [-0.1, -0.05) is 11.6 Å². The van der Waals surface area contributed by atoms with Gasteiger partial charge in [-0.05, 0) is 54.8 Å². The number of nitro benzene ring substituents is 1. The molecule has 0 bridgehead atoms. The van der Waals surface area contributed by atoms with Crippen LogP contribution in [0.3, 0.4) is 0 Å². The van der Waals surface area contributed by atoms with Gasteiger partial charge in [-0.2, -0.15) is 0 Å². The highest BCUT2D eigenvalue weighted by Gasteiger charge is 2.49. The minimum Gasteiger partial charge on any atom is -0.291 e. The van der Waals surface area contributed by atoms with Gasteiger partial charge >= 0.3 is 0 Å². The van der Waals surface area contributed by atoms with E-state index >= 15 is 0 Å². The van der Waals surface area contributed by atoms with E-state index in [0.29, 0.717) is 5.02 Å². The van der Waals surface area contributed by atoms with Gasteiger partial charge in [0.25, 0.3) is 5.69 Å². The zero-order valence-corrected chi connectivity index (χ0v) is 14.1. The van der Waals surface area contributed by atoms with Crippen molar-refractivity contribution >= 4 is 28.9 Å². The molecule has 7 heteroatoms. The lowest BCUT2D eigenvalue weighted by molar-refractivity contribution is -0.384. The number of amides is 1. The molecule has 2 fully saturated rings. The summed E-state index contributed by atoms with van der Waals surface area (Å²) in [7, 11) is 0. The van der Waals surface area contributed by atoms with E-state index in [0.717, 1.165) is 30.6 Å². The number of hydrogen-bond acceptors (Lipinski definition) is 4. The van der Waals surface area contributed by atoms with Crippen LogP contribution >= 0.6 is 11.6 Å². The predicted octanol–water partition coefficient (Wildman–Crippen LogP) is 3.76. The highest BCUT2D eigenvalue weighted by molar-refractivity contribution is 6.30. The maximum Gasteiger partial charge on any atom is 0.269 e. The first-order chi connectivity index (χ1) is 12.1. The zero-order valence-electron chi connectivity index (χ0n) is 13.3. The molecule has 2 aromatic rings. The van der Waals surface area contributed by atoms with Gasteiger partial charge < -0.3 is 0 Å². The summed E-state index contributed by atoms with van der Waals surface area (Å²) in [6.07, 6.45) is 1.57. The van der Waals surface area contributed by atoms with Crippen molar-refractivity contribution in [3.05, 3.63) is 69.2 Å². The van der Waals surface area contributed by atoms with E-state index in [1.807, 2.05) is 12.1 Å². The fourth-order valence-electron chi connectivity index (χ4n) is 3.76. The average molecular weight is 358 g/mol. The fourth-order valence-corrected chi connectivity index (χ4v) is 3.88. The van der Waals surface area contributed by atoms with Crippen LogP contribution in [-0.4, -0.2) is 28.3 Å². The third-order valence-corrected chi connectivity index (χ3v) is 5.13. The normalized spacial score (nSPS) is 23.1. The lowest BCUT2D eigenvalue weighted by atomic mass is 10.1. The van der Waals surface area contributed by atoms with Crippen LogP contribution in [0.25, 0.3) is 0 Å². The number of halogens is 1. The Morgan fingerprint density at radius 3 is 2.40 bits per heavy atom. The molecule has 0 spiro atoms. The summed E-state index contributed by atoms with van der Waals surface area (Å²) in [6.45, 7) is 0.835. The van der Waals surface area contributed by atoms with Crippen molar-refractivity contribution in [1.82, 2.24) is 4.90 Å². The standard InChI is InChI=1S/C18H16ClN3O3/c19-13-5-9-14(10-6-13)21-17(20-11-1-2-16(20)18(21)23)12-3-7-15(8-4-12)22(24)25/h3-10,16-17H,1-2,11H2/t16-,17-/m0/s1. The molecule has 25 heavy (non-hydrogen) atoms. The highest BCUT2D eigenvalue weighted by Crippen LogP contribution is 2.42. The van der Waals surface area contributed by atoms with Gasteiger partial charge in [-0.25, -0.2) is 0 Å². The molecule has 4 rings (SSSR count). The Bertz CT molecular complexity index is 822. The Morgan fingerprint density at radius 1 is 1.08 bits per heavy atom. The lowest BCUT2D eigenvalue weighted by Crippen LogP contribution is -2.32. The predicted molar refractivity (Wildman–Crippen MR) is 94.5 cm³/mol. The van der Waals surface area contributed by atoms with E-state index in [4.69, 9.17) is 11.6 Å². The number of hydrogen-bond donors (Lipinski definition) is 0. The third-order valence-electron chi connectivity index (χ3n) is 4.88. The van der Waals surface area contributed by atoms with Crippen molar-refractivity contribution in [1.29, 1.82) is 0 Å². The summed E-state index contributed by atoms with van der Waals surface area (Å²) in [6, 6.07) is 13.5. The van der Waals surface area contributed by atoms with Crippen molar-refractivity contribution in [3.8, 4) is 0 Å². The van der Waals surface area contributed by atoms with E-state index in [1.54, 1.807) is 29.2 Å². The number of nitro groups is 1. The number of nitrogens with zero attached hydrogens (tertiary/aromatic N) is 3. The Labute approximate surface area is 149 Å². The Morgan fingerprint density at radius 2 is 1.76 bits per heavy atom. The maximum atomic E-state index is 13.0. The Hall–Kier alpha value is -2.44. The molecular formula is C18H16ClN3O3. The van der Waals surface area contributed by atoms with Gasteiger partial charge in [0.05, 0.1) is 11.0 Å². The molecule has 2 aliphatic rings. The van der Waals surface area contributed by atoms with Crippen molar-refractivity contribution in [2.24, 2.45) is 0 Å². The van der Waals surface area contributed by atoms with Crippen molar-refractivity contribution in [2.45, 2.75) is 25.0 Å². The molecule has 1 amide bonds. The molecule has 2 aliphatic heterocycles. The van der Waals surface area contributed by atoms with Gasteiger partial charge in [0, 0.05) is 29.4 Å². The second-order valence-electron chi connectivity index (χ2n) is 6.30. The third kappa shape index (κ3) is 2.67. The largest absolute Gasteiger partial charge is 0.291 e. The van der Waals surface area contributed by atoms with Crippen molar-refractivity contribution < 1.29 is 9.72 Å². The van der Waals surface area contributed by atoms with Gasteiger partial charge in [0.15, 0.2) is 0 Å². The number of fused-ring (bicyclic) bond motifs is 1. The van der Waals surface area contributed by atoms with Crippen LogP contribution < -0.4 is 4.90 Å². The first kappa shape index (κ1) is 16.1. The van der Waals surface area contributed by atoms with E-state index < -0.39 is 4.92 Å². The van der Waals surface area contributed by atoms with Crippen molar-refractivity contribution in [3.63, 3.8) is 0 Å². The summed E-state index contributed by atoms with van der Waals surface area (Å²) >= 11 is 5.97. The van der Waals surface area contributed by atoms with Crippen LogP contribution in [-0.2, 0) is 4.79 Å². The van der Waals surface area contributed by atoms with Crippen molar-refractivity contribution in [2.75, 3.05) is 11.4 Å². The minimum atomic E-state index is -0.417. The van der Waals surface area contributed by atoms with Crippen LogP contribution in [0, 0.1) is 10.1 Å². The van der Waals surface area contributed by atoms with Crippen LogP contribution in [0.4, 0.5) is 11.4 Å². The fraction of sp³-hybridized carbons (Fsp3) is 0.278. The van der Waals surface area contributed by atoms with Gasteiger partial charge in [-0.15, -0.1) is 0 Å². The van der Waals surface area contributed by atoms with E-state index in [1.165, 1.54) is 12.1 Å². The highest BCUT2D eigenvalue weighted by atomic mass is 35.5. The average Bonchev–Trinajstić information content (AvgIpc) is 3.18. The van der Waals surface area contributed by atoms with Gasteiger partial charge in [0.1, 0.15) is 6.17 Å². The first-order valence-corrected chi connectivity index (χ1v) is 8.53. The molecule has 0 unspecified atom stereocenters. The molecular weight excluding hydrogens is 342 g/mol. The summed E-state index contributed by atoms with van der Waals surface area (Å²) in [5.74, 6) is 0.0724. The second-order valence-corrected chi connectivity index (χ2v) is 6.74. The lowest BCUT2D eigenvalue weighted by Gasteiger charge is -2.29. The summed E-state index contributed by atoms with van der Waals surface area (Å²) in [5, 5.41) is 11.5. The van der Waals surface area contributed by atoms with Crippen LogP contribution in [0.15, 0.2) is 48.5 Å². The molecule has 6 nitrogen and oxygen atoms in total.